The first kappa shape index (κ1) is 12.1. The lowest BCUT2D eigenvalue weighted by atomic mass is 9.81. The number of hydrogen-bond donors (Lipinski definition) is 1. The van der Waals surface area contributed by atoms with Crippen molar-refractivity contribution in [1.29, 1.82) is 0 Å². The van der Waals surface area contributed by atoms with E-state index in [0.29, 0.717) is 5.54 Å². The third-order valence-electron chi connectivity index (χ3n) is 4.09. The largest absolute Gasteiger partial charge is 0.310 e. The van der Waals surface area contributed by atoms with Gasteiger partial charge in [0, 0.05) is 18.6 Å². The van der Waals surface area contributed by atoms with Crippen molar-refractivity contribution in [1.82, 2.24) is 10.2 Å². The van der Waals surface area contributed by atoms with E-state index in [9.17, 15) is 0 Å². The number of nitrogens with zero attached hydrogens (tertiary/aromatic N) is 1. The summed E-state index contributed by atoms with van der Waals surface area (Å²) in [5.74, 6) is 0. The molecule has 1 aliphatic carbocycles. The molecule has 0 radical (unpaired) electrons. The average molecular weight is 222 g/mol. The molecule has 2 rings (SSSR count). The van der Waals surface area contributed by atoms with Crippen molar-refractivity contribution in [3.63, 3.8) is 0 Å². The normalized spacial score (nSPS) is 27.3. The number of hydrogen-bond acceptors (Lipinski definition) is 2. The van der Waals surface area contributed by atoms with Gasteiger partial charge in [0.05, 0.1) is 0 Å². The molecule has 1 saturated carbocycles. The maximum atomic E-state index is 3.84. The van der Waals surface area contributed by atoms with E-state index in [-0.39, 0.29) is 0 Å². The van der Waals surface area contributed by atoms with Gasteiger partial charge >= 0.3 is 0 Å². The molecule has 2 heteroatoms. The van der Waals surface area contributed by atoms with E-state index in [2.05, 4.69) is 29.3 Å². The molecule has 0 aromatic carbocycles. The molecule has 1 spiro atoms. The molecular formula is C14H26N2. The van der Waals surface area contributed by atoms with Crippen LogP contribution in [0.25, 0.3) is 0 Å². The van der Waals surface area contributed by atoms with Gasteiger partial charge in [-0.15, -0.1) is 0 Å². The topological polar surface area (TPSA) is 15.3 Å². The molecule has 92 valence electrons. The van der Waals surface area contributed by atoms with Crippen LogP contribution in [-0.2, 0) is 0 Å². The average Bonchev–Trinajstić information content (AvgIpc) is 2.50. The second-order valence-corrected chi connectivity index (χ2v) is 5.43. The Labute approximate surface area is 100 Å². The zero-order valence-corrected chi connectivity index (χ0v) is 10.7. The summed E-state index contributed by atoms with van der Waals surface area (Å²) in [6, 6.07) is 0. The monoisotopic (exact) mass is 222 g/mol. The summed E-state index contributed by atoms with van der Waals surface area (Å²) in [6.07, 6.45) is 12.8. The van der Waals surface area contributed by atoms with Crippen LogP contribution in [-0.4, -0.2) is 36.6 Å². The van der Waals surface area contributed by atoms with Crippen molar-refractivity contribution in [3.05, 3.63) is 12.2 Å². The lowest BCUT2D eigenvalue weighted by Crippen LogP contribution is -2.52. The fraction of sp³-hybridized carbons (Fsp3) is 0.857. The molecule has 1 N–H and O–H groups in total. The standard InChI is InChI=1S/C14H26N2/c1-2-3-11-16-12-7-10-15-14(13-16)8-5-4-6-9-14/h2-3,15H,4-13H2,1H3/b3-2+. The van der Waals surface area contributed by atoms with Crippen molar-refractivity contribution >= 4 is 0 Å². The number of rotatable bonds is 2. The van der Waals surface area contributed by atoms with Gasteiger partial charge in [-0.3, -0.25) is 4.90 Å². The Hall–Kier alpha value is -0.340. The summed E-state index contributed by atoms with van der Waals surface area (Å²) in [7, 11) is 0. The van der Waals surface area contributed by atoms with Crippen LogP contribution < -0.4 is 5.32 Å². The van der Waals surface area contributed by atoms with E-state index in [0.717, 1.165) is 6.54 Å². The number of allylic oxidation sites excluding steroid dienone is 1. The van der Waals surface area contributed by atoms with Crippen LogP contribution in [0, 0.1) is 0 Å². The highest BCUT2D eigenvalue weighted by Gasteiger charge is 2.34. The van der Waals surface area contributed by atoms with Gasteiger partial charge in [0.15, 0.2) is 0 Å². The zero-order chi connectivity index (χ0) is 11.3. The van der Waals surface area contributed by atoms with Crippen molar-refractivity contribution in [2.24, 2.45) is 0 Å². The first-order valence-electron chi connectivity index (χ1n) is 6.93. The first-order valence-corrected chi connectivity index (χ1v) is 6.93. The molecule has 1 heterocycles. The van der Waals surface area contributed by atoms with Gasteiger partial charge in [0.25, 0.3) is 0 Å². The minimum absolute atomic E-state index is 0.455. The molecule has 16 heavy (non-hydrogen) atoms. The third kappa shape index (κ3) is 3.08. The molecule has 0 amide bonds. The van der Waals surface area contributed by atoms with Crippen LogP contribution in [0.1, 0.15) is 45.4 Å². The molecule has 2 aliphatic rings. The summed E-state index contributed by atoms with van der Waals surface area (Å²) in [5.41, 5.74) is 0.455. The van der Waals surface area contributed by atoms with E-state index in [1.807, 2.05) is 0 Å². The minimum Gasteiger partial charge on any atom is -0.310 e. The van der Waals surface area contributed by atoms with Crippen LogP contribution in [0.4, 0.5) is 0 Å². The van der Waals surface area contributed by atoms with E-state index in [1.165, 1.54) is 58.2 Å². The molecule has 2 nitrogen and oxygen atoms in total. The first-order chi connectivity index (χ1) is 7.85. The Morgan fingerprint density at radius 1 is 1.19 bits per heavy atom. The van der Waals surface area contributed by atoms with Gasteiger partial charge in [-0.25, -0.2) is 0 Å². The van der Waals surface area contributed by atoms with Gasteiger partial charge in [-0.2, -0.15) is 0 Å². The van der Waals surface area contributed by atoms with Gasteiger partial charge in [-0.05, 0) is 39.3 Å². The summed E-state index contributed by atoms with van der Waals surface area (Å²) >= 11 is 0. The fourth-order valence-electron chi connectivity index (χ4n) is 3.19. The van der Waals surface area contributed by atoms with E-state index in [1.54, 1.807) is 0 Å². The molecule has 0 unspecified atom stereocenters. The lowest BCUT2D eigenvalue weighted by molar-refractivity contribution is 0.173. The fourth-order valence-corrected chi connectivity index (χ4v) is 3.19. The lowest BCUT2D eigenvalue weighted by Gasteiger charge is -2.39. The van der Waals surface area contributed by atoms with Crippen LogP contribution in [0.5, 0.6) is 0 Å². The minimum atomic E-state index is 0.455. The van der Waals surface area contributed by atoms with Crippen molar-refractivity contribution in [2.75, 3.05) is 26.2 Å². The Bertz CT molecular complexity index is 229. The summed E-state index contributed by atoms with van der Waals surface area (Å²) in [4.78, 5) is 2.63. The van der Waals surface area contributed by atoms with Crippen LogP contribution in [0.2, 0.25) is 0 Å². The Morgan fingerprint density at radius 3 is 2.75 bits per heavy atom. The van der Waals surface area contributed by atoms with Crippen molar-refractivity contribution in [3.8, 4) is 0 Å². The van der Waals surface area contributed by atoms with Crippen molar-refractivity contribution in [2.45, 2.75) is 51.0 Å². The number of nitrogens with one attached hydrogen (secondary N) is 1. The molecular weight excluding hydrogens is 196 g/mol. The quantitative estimate of drug-likeness (QED) is 0.722. The van der Waals surface area contributed by atoms with Gasteiger partial charge in [0.2, 0.25) is 0 Å². The summed E-state index contributed by atoms with van der Waals surface area (Å²) in [6.45, 7) is 7.00. The molecule has 1 aliphatic heterocycles. The maximum absolute atomic E-state index is 3.84. The highest BCUT2D eigenvalue weighted by Crippen LogP contribution is 2.30. The molecule has 0 atom stereocenters. The highest BCUT2D eigenvalue weighted by atomic mass is 15.2. The molecule has 0 aromatic rings. The van der Waals surface area contributed by atoms with Crippen molar-refractivity contribution < 1.29 is 0 Å². The zero-order valence-electron chi connectivity index (χ0n) is 10.7. The molecule has 2 fully saturated rings. The highest BCUT2D eigenvalue weighted by molar-refractivity contribution is 4.96. The van der Waals surface area contributed by atoms with Crippen LogP contribution in [0.3, 0.4) is 0 Å². The Balaban J connectivity index is 1.96. The van der Waals surface area contributed by atoms with E-state index >= 15 is 0 Å². The second-order valence-electron chi connectivity index (χ2n) is 5.43. The predicted octanol–water partition coefficient (Wildman–Crippen LogP) is 2.56. The molecule has 0 aromatic heterocycles. The smallest absolute Gasteiger partial charge is 0.0308 e. The van der Waals surface area contributed by atoms with E-state index in [4.69, 9.17) is 0 Å². The SMILES string of the molecule is C/C=C/CN1CCCNC2(CCCCC2)C1. The van der Waals surface area contributed by atoms with Crippen LogP contribution in [0.15, 0.2) is 12.2 Å². The summed E-state index contributed by atoms with van der Waals surface area (Å²) < 4.78 is 0. The molecule has 0 bridgehead atoms. The second kappa shape index (κ2) is 5.83. The Morgan fingerprint density at radius 2 is 2.00 bits per heavy atom. The predicted molar refractivity (Wildman–Crippen MR) is 69.7 cm³/mol. The maximum Gasteiger partial charge on any atom is 0.0308 e. The van der Waals surface area contributed by atoms with Gasteiger partial charge in [-0.1, -0.05) is 31.4 Å². The van der Waals surface area contributed by atoms with Gasteiger partial charge < -0.3 is 5.32 Å². The Kier molecular flexibility index (Phi) is 4.42. The van der Waals surface area contributed by atoms with Gasteiger partial charge in [0.1, 0.15) is 0 Å². The summed E-state index contributed by atoms with van der Waals surface area (Å²) in [5, 5.41) is 3.84. The third-order valence-corrected chi connectivity index (χ3v) is 4.09. The molecule has 1 saturated heterocycles. The van der Waals surface area contributed by atoms with Crippen LogP contribution >= 0.6 is 0 Å². The van der Waals surface area contributed by atoms with E-state index < -0.39 is 0 Å².